The maximum atomic E-state index is 13.7. The van der Waals surface area contributed by atoms with Gasteiger partial charge in [-0.05, 0) is 47.9 Å². The van der Waals surface area contributed by atoms with E-state index in [4.69, 9.17) is 5.26 Å². The predicted molar refractivity (Wildman–Crippen MR) is 75.4 cm³/mol. The molecule has 1 heterocycles. The highest BCUT2D eigenvalue weighted by Gasteiger charge is 2.12. The largest absolute Gasteiger partial charge is 0.310 e. The summed E-state index contributed by atoms with van der Waals surface area (Å²) in [5.74, 6) is -1.37. The molecule has 2 rings (SSSR count). The maximum absolute atomic E-state index is 13.7. The van der Waals surface area contributed by atoms with Gasteiger partial charge < -0.3 is 5.32 Å². The lowest BCUT2D eigenvalue weighted by Gasteiger charge is -2.14. The van der Waals surface area contributed by atoms with Crippen LogP contribution in [-0.2, 0) is 13.0 Å². The molecule has 0 amide bonds. The fraction of sp³-hybridized carbons (Fsp3) is 0.267. The smallest absolute Gasteiger partial charge is 0.131 e. The zero-order valence-corrected chi connectivity index (χ0v) is 11.8. The Labute approximate surface area is 120 Å². The molecule has 0 radical (unpaired) electrons. The minimum atomic E-state index is -0.684. The van der Waals surface area contributed by atoms with Crippen molar-refractivity contribution >= 4 is 11.3 Å². The molecule has 1 N–H and O–H groups in total. The van der Waals surface area contributed by atoms with Crippen molar-refractivity contribution in [3.63, 3.8) is 0 Å². The summed E-state index contributed by atoms with van der Waals surface area (Å²) in [6.45, 7) is 2.08. The highest BCUT2D eigenvalue weighted by atomic mass is 32.1. The molecule has 0 spiro atoms. The van der Waals surface area contributed by atoms with Gasteiger partial charge in [-0.15, -0.1) is 0 Å². The van der Waals surface area contributed by atoms with E-state index in [1.165, 1.54) is 5.56 Å². The van der Waals surface area contributed by atoms with Gasteiger partial charge in [0.05, 0.1) is 11.6 Å². The summed E-state index contributed by atoms with van der Waals surface area (Å²) in [6.07, 6.45) is 0.809. The van der Waals surface area contributed by atoms with Gasteiger partial charge in [0.15, 0.2) is 0 Å². The summed E-state index contributed by atoms with van der Waals surface area (Å²) in [5, 5.41) is 15.8. The van der Waals surface area contributed by atoms with Crippen molar-refractivity contribution in [3.8, 4) is 6.07 Å². The van der Waals surface area contributed by atoms with Crippen LogP contribution in [0.5, 0.6) is 0 Å². The average Bonchev–Trinajstić information content (AvgIpc) is 2.90. The third-order valence-corrected chi connectivity index (χ3v) is 3.75. The average molecular weight is 292 g/mol. The van der Waals surface area contributed by atoms with Crippen molar-refractivity contribution in [3.05, 3.63) is 57.3 Å². The van der Waals surface area contributed by atoms with E-state index in [0.717, 1.165) is 18.6 Å². The molecule has 2 aromatic rings. The van der Waals surface area contributed by atoms with Gasteiger partial charge in [-0.3, -0.25) is 0 Å². The number of rotatable bonds is 5. The molecule has 0 aliphatic heterocycles. The number of thiophene rings is 1. The summed E-state index contributed by atoms with van der Waals surface area (Å²) < 4.78 is 27.4. The summed E-state index contributed by atoms with van der Waals surface area (Å²) in [4.78, 5) is 0. The van der Waals surface area contributed by atoms with E-state index in [-0.39, 0.29) is 23.7 Å². The van der Waals surface area contributed by atoms with Crippen molar-refractivity contribution in [2.75, 3.05) is 0 Å². The van der Waals surface area contributed by atoms with Gasteiger partial charge in [0.2, 0.25) is 0 Å². The van der Waals surface area contributed by atoms with Gasteiger partial charge in [0.25, 0.3) is 0 Å². The topological polar surface area (TPSA) is 35.8 Å². The summed E-state index contributed by atoms with van der Waals surface area (Å²) in [7, 11) is 0. The first-order valence-electron chi connectivity index (χ1n) is 6.22. The van der Waals surface area contributed by atoms with Crippen LogP contribution < -0.4 is 5.32 Å². The van der Waals surface area contributed by atoms with Crippen LogP contribution in [0.25, 0.3) is 0 Å². The zero-order valence-electron chi connectivity index (χ0n) is 11.0. The van der Waals surface area contributed by atoms with Crippen LogP contribution in [0.3, 0.4) is 0 Å². The Morgan fingerprint density at radius 3 is 2.60 bits per heavy atom. The highest BCUT2D eigenvalue weighted by Crippen LogP contribution is 2.15. The lowest BCUT2D eigenvalue weighted by atomic mass is 10.1. The second-order valence-corrected chi connectivity index (χ2v) is 5.43. The van der Waals surface area contributed by atoms with E-state index >= 15 is 0 Å². The first kappa shape index (κ1) is 14.6. The van der Waals surface area contributed by atoms with E-state index in [1.807, 2.05) is 18.4 Å². The highest BCUT2D eigenvalue weighted by molar-refractivity contribution is 7.07. The molecule has 0 fully saturated rings. The van der Waals surface area contributed by atoms with Crippen LogP contribution in [0.15, 0.2) is 29.0 Å². The van der Waals surface area contributed by atoms with Crippen LogP contribution in [0, 0.1) is 23.0 Å². The molecule has 0 saturated heterocycles. The fourth-order valence-electron chi connectivity index (χ4n) is 1.95. The molecule has 1 atom stereocenters. The lowest BCUT2D eigenvalue weighted by Crippen LogP contribution is -2.28. The first-order valence-corrected chi connectivity index (χ1v) is 7.17. The van der Waals surface area contributed by atoms with Gasteiger partial charge in [-0.1, -0.05) is 0 Å². The Bertz CT molecular complexity index is 594. The van der Waals surface area contributed by atoms with Crippen molar-refractivity contribution in [1.29, 1.82) is 5.26 Å². The second-order valence-electron chi connectivity index (χ2n) is 4.65. The van der Waals surface area contributed by atoms with Crippen LogP contribution in [-0.4, -0.2) is 6.04 Å². The summed E-state index contributed by atoms with van der Waals surface area (Å²) in [6, 6.07) is 5.99. The number of hydrogen-bond donors (Lipinski definition) is 1. The molecule has 1 aromatic heterocycles. The molecule has 1 aromatic carbocycles. The number of hydrogen-bond acceptors (Lipinski definition) is 3. The van der Waals surface area contributed by atoms with Gasteiger partial charge in [-0.2, -0.15) is 16.6 Å². The van der Waals surface area contributed by atoms with Crippen LogP contribution in [0.4, 0.5) is 8.78 Å². The van der Waals surface area contributed by atoms with E-state index in [2.05, 4.69) is 10.7 Å². The number of halogens is 2. The normalized spacial score (nSPS) is 12.1. The molecule has 1 unspecified atom stereocenters. The molecule has 0 aliphatic carbocycles. The van der Waals surface area contributed by atoms with E-state index in [0.29, 0.717) is 0 Å². The van der Waals surface area contributed by atoms with Crippen LogP contribution >= 0.6 is 11.3 Å². The molecular formula is C15H14F2N2S. The van der Waals surface area contributed by atoms with E-state index in [9.17, 15) is 8.78 Å². The molecule has 2 nitrogen and oxygen atoms in total. The third-order valence-electron chi connectivity index (χ3n) is 3.02. The number of nitriles is 1. The molecule has 0 aliphatic rings. The van der Waals surface area contributed by atoms with E-state index < -0.39 is 11.6 Å². The maximum Gasteiger partial charge on any atom is 0.131 e. The molecule has 0 bridgehead atoms. The van der Waals surface area contributed by atoms with Gasteiger partial charge in [0.1, 0.15) is 11.6 Å². The Kier molecular flexibility index (Phi) is 4.83. The Morgan fingerprint density at radius 1 is 1.35 bits per heavy atom. The number of benzene rings is 1. The lowest BCUT2D eigenvalue weighted by molar-refractivity contribution is 0.498. The third kappa shape index (κ3) is 3.62. The molecular weight excluding hydrogens is 278 g/mol. The van der Waals surface area contributed by atoms with Crippen molar-refractivity contribution < 1.29 is 8.78 Å². The minimum absolute atomic E-state index is 0.00456. The van der Waals surface area contributed by atoms with Crippen molar-refractivity contribution in [2.45, 2.75) is 25.9 Å². The van der Waals surface area contributed by atoms with Crippen LogP contribution in [0.1, 0.15) is 23.6 Å². The van der Waals surface area contributed by atoms with E-state index in [1.54, 1.807) is 17.4 Å². The Balaban J connectivity index is 1.99. The SMILES string of the molecule is CC(Cc1ccsc1)NCc1c(F)cc(C#N)cc1F. The minimum Gasteiger partial charge on any atom is -0.310 e. The predicted octanol–water partition coefficient (Wildman–Crippen LogP) is 3.62. The van der Waals surface area contributed by atoms with Gasteiger partial charge in [-0.25, -0.2) is 8.78 Å². The molecule has 104 valence electrons. The Hall–Kier alpha value is -1.77. The quantitative estimate of drug-likeness (QED) is 0.913. The molecule has 0 saturated carbocycles. The van der Waals surface area contributed by atoms with Gasteiger partial charge in [0, 0.05) is 18.2 Å². The first-order chi connectivity index (χ1) is 9.60. The van der Waals surface area contributed by atoms with Crippen molar-refractivity contribution in [2.24, 2.45) is 0 Å². The number of nitrogens with one attached hydrogen (secondary N) is 1. The molecule has 20 heavy (non-hydrogen) atoms. The monoisotopic (exact) mass is 292 g/mol. The van der Waals surface area contributed by atoms with Crippen LogP contribution in [0.2, 0.25) is 0 Å². The number of nitrogens with zero attached hydrogens (tertiary/aromatic N) is 1. The summed E-state index contributed by atoms with van der Waals surface area (Å²) >= 11 is 1.63. The van der Waals surface area contributed by atoms with Crippen molar-refractivity contribution in [1.82, 2.24) is 5.32 Å². The Morgan fingerprint density at radius 2 is 2.05 bits per heavy atom. The molecule has 5 heteroatoms. The zero-order chi connectivity index (χ0) is 14.5. The standard InChI is InChI=1S/C15H14F2N2S/c1-10(4-11-2-3-20-9-11)19-8-13-14(16)5-12(7-18)6-15(13)17/h2-3,5-6,9-10,19H,4,8H2,1H3. The van der Waals surface area contributed by atoms with Gasteiger partial charge >= 0.3 is 0 Å². The second kappa shape index (κ2) is 6.60. The summed E-state index contributed by atoms with van der Waals surface area (Å²) in [5.41, 5.74) is 1.17. The fourth-order valence-corrected chi connectivity index (χ4v) is 2.63.